The Morgan fingerprint density at radius 3 is 3.06 bits per heavy atom. The third-order valence-electron chi connectivity index (χ3n) is 3.68. The Bertz CT molecular complexity index is 416. The molecule has 2 heterocycles. The molecule has 0 spiro atoms. The predicted molar refractivity (Wildman–Crippen MR) is 71.7 cm³/mol. The Morgan fingerprint density at radius 2 is 2.39 bits per heavy atom. The van der Waals surface area contributed by atoms with Crippen LogP contribution in [-0.4, -0.2) is 41.0 Å². The van der Waals surface area contributed by atoms with E-state index in [0.29, 0.717) is 12.0 Å². The second-order valence-electron chi connectivity index (χ2n) is 5.34. The molecule has 2 unspecified atom stereocenters. The normalized spacial score (nSPS) is 25.7. The number of hydrogen-bond acceptors (Lipinski definition) is 4. The number of aromatic nitrogens is 1. The van der Waals surface area contributed by atoms with Crippen LogP contribution in [0.2, 0.25) is 0 Å². The number of carbonyl (C=O) groups excluding carboxylic acids is 1. The molecule has 3 rings (SSSR count). The Balaban J connectivity index is 1.55. The van der Waals surface area contributed by atoms with E-state index < -0.39 is 0 Å². The molecule has 5 heteroatoms. The van der Waals surface area contributed by atoms with Gasteiger partial charge in [-0.25, -0.2) is 4.98 Å². The molecule has 2 atom stereocenters. The van der Waals surface area contributed by atoms with Crippen LogP contribution in [0, 0.1) is 0 Å². The SMILES string of the molecule is CC(CN1CCC(NC2CC2)C1=O)c1nccs1. The molecule has 1 aromatic rings. The lowest BCUT2D eigenvalue weighted by Crippen LogP contribution is -2.40. The van der Waals surface area contributed by atoms with Gasteiger partial charge < -0.3 is 10.2 Å². The van der Waals surface area contributed by atoms with Crippen LogP contribution in [-0.2, 0) is 4.79 Å². The van der Waals surface area contributed by atoms with E-state index in [1.54, 1.807) is 11.3 Å². The Labute approximate surface area is 111 Å². The van der Waals surface area contributed by atoms with Crippen LogP contribution >= 0.6 is 11.3 Å². The lowest BCUT2D eigenvalue weighted by molar-refractivity contribution is -0.129. The largest absolute Gasteiger partial charge is 0.341 e. The van der Waals surface area contributed by atoms with Gasteiger partial charge in [0, 0.05) is 36.6 Å². The summed E-state index contributed by atoms with van der Waals surface area (Å²) in [5.41, 5.74) is 0. The summed E-state index contributed by atoms with van der Waals surface area (Å²) >= 11 is 1.67. The highest BCUT2D eigenvalue weighted by Gasteiger charge is 2.36. The van der Waals surface area contributed by atoms with Crippen LogP contribution in [0.5, 0.6) is 0 Å². The number of hydrogen-bond donors (Lipinski definition) is 1. The van der Waals surface area contributed by atoms with Gasteiger partial charge in [-0.15, -0.1) is 11.3 Å². The summed E-state index contributed by atoms with van der Waals surface area (Å²) in [5, 5.41) is 6.56. The van der Waals surface area contributed by atoms with Gasteiger partial charge >= 0.3 is 0 Å². The first kappa shape index (κ1) is 12.1. The van der Waals surface area contributed by atoms with E-state index in [1.807, 2.05) is 16.5 Å². The number of amides is 1. The number of thiazole rings is 1. The van der Waals surface area contributed by atoms with Crippen LogP contribution in [0.4, 0.5) is 0 Å². The van der Waals surface area contributed by atoms with Crippen molar-refractivity contribution in [3.05, 3.63) is 16.6 Å². The molecule has 18 heavy (non-hydrogen) atoms. The van der Waals surface area contributed by atoms with Gasteiger partial charge in [-0.05, 0) is 19.3 Å². The molecule has 0 aromatic carbocycles. The summed E-state index contributed by atoms with van der Waals surface area (Å²) in [6.07, 6.45) is 5.26. The third kappa shape index (κ3) is 2.57. The van der Waals surface area contributed by atoms with Crippen molar-refractivity contribution in [2.45, 2.75) is 44.2 Å². The zero-order valence-electron chi connectivity index (χ0n) is 10.6. The zero-order chi connectivity index (χ0) is 12.5. The molecule has 1 amide bonds. The standard InChI is InChI=1S/C13H19N3OS/c1-9(12-14-5-7-18-12)8-16-6-4-11(13(16)17)15-10-2-3-10/h5,7,9-11,15H,2-4,6,8H2,1H3. The molecular weight excluding hydrogens is 246 g/mol. The van der Waals surface area contributed by atoms with Gasteiger partial charge in [0.2, 0.25) is 5.91 Å². The minimum atomic E-state index is 0.0704. The maximum atomic E-state index is 12.2. The number of likely N-dealkylation sites (tertiary alicyclic amines) is 1. The fourth-order valence-electron chi connectivity index (χ4n) is 2.50. The molecule has 0 bridgehead atoms. The van der Waals surface area contributed by atoms with Crippen molar-refractivity contribution >= 4 is 17.2 Å². The summed E-state index contributed by atoms with van der Waals surface area (Å²) in [4.78, 5) is 18.5. The lowest BCUT2D eigenvalue weighted by atomic mass is 10.2. The van der Waals surface area contributed by atoms with E-state index in [0.717, 1.165) is 24.5 Å². The van der Waals surface area contributed by atoms with Crippen LogP contribution in [0.1, 0.15) is 37.1 Å². The molecule has 1 aliphatic carbocycles. The molecule has 1 aromatic heterocycles. The van der Waals surface area contributed by atoms with Crippen LogP contribution in [0.15, 0.2) is 11.6 Å². The average molecular weight is 265 g/mol. The van der Waals surface area contributed by atoms with Crippen molar-refractivity contribution < 1.29 is 4.79 Å². The quantitative estimate of drug-likeness (QED) is 0.879. The molecule has 0 radical (unpaired) electrons. The lowest BCUT2D eigenvalue weighted by Gasteiger charge is -2.20. The molecule has 2 fully saturated rings. The molecule has 1 saturated heterocycles. The van der Waals surface area contributed by atoms with Gasteiger partial charge in [0.15, 0.2) is 0 Å². The van der Waals surface area contributed by atoms with E-state index in [1.165, 1.54) is 12.8 Å². The second kappa shape index (κ2) is 4.97. The first-order valence-corrected chi connectivity index (χ1v) is 7.56. The van der Waals surface area contributed by atoms with Gasteiger partial charge in [0.1, 0.15) is 0 Å². The molecule has 1 aliphatic heterocycles. The van der Waals surface area contributed by atoms with E-state index in [9.17, 15) is 4.79 Å². The van der Waals surface area contributed by atoms with Crippen LogP contribution < -0.4 is 5.32 Å². The van der Waals surface area contributed by atoms with Crippen molar-refractivity contribution in [1.82, 2.24) is 15.2 Å². The maximum absolute atomic E-state index is 12.2. The zero-order valence-corrected chi connectivity index (χ0v) is 11.4. The molecule has 1 N–H and O–H groups in total. The van der Waals surface area contributed by atoms with Crippen LogP contribution in [0.25, 0.3) is 0 Å². The van der Waals surface area contributed by atoms with Crippen LogP contribution in [0.3, 0.4) is 0 Å². The van der Waals surface area contributed by atoms with Gasteiger partial charge in [-0.1, -0.05) is 6.92 Å². The van der Waals surface area contributed by atoms with Crippen molar-refractivity contribution in [2.75, 3.05) is 13.1 Å². The molecule has 4 nitrogen and oxygen atoms in total. The molecular formula is C13H19N3OS. The van der Waals surface area contributed by atoms with Gasteiger partial charge in [-0.3, -0.25) is 4.79 Å². The summed E-state index contributed by atoms with van der Waals surface area (Å²) in [7, 11) is 0. The van der Waals surface area contributed by atoms with Gasteiger partial charge in [0.25, 0.3) is 0 Å². The van der Waals surface area contributed by atoms with Gasteiger partial charge in [-0.2, -0.15) is 0 Å². The Hall–Kier alpha value is -0.940. The fraction of sp³-hybridized carbons (Fsp3) is 0.692. The number of nitrogens with zero attached hydrogens (tertiary/aromatic N) is 2. The second-order valence-corrected chi connectivity index (χ2v) is 6.26. The minimum Gasteiger partial charge on any atom is -0.341 e. The summed E-state index contributed by atoms with van der Waals surface area (Å²) < 4.78 is 0. The highest BCUT2D eigenvalue weighted by molar-refractivity contribution is 7.09. The van der Waals surface area contributed by atoms with Crippen molar-refractivity contribution in [3.8, 4) is 0 Å². The Morgan fingerprint density at radius 1 is 1.56 bits per heavy atom. The first-order chi connectivity index (χ1) is 8.74. The number of rotatable bonds is 5. The van der Waals surface area contributed by atoms with E-state index in [2.05, 4.69) is 17.2 Å². The van der Waals surface area contributed by atoms with Crippen molar-refractivity contribution in [3.63, 3.8) is 0 Å². The van der Waals surface area contributed by atoms with E-state index in [4.69, 9.17) is 0 Å². The highest BCUT2D eigenvalue weighted by atomic mass is 32.1. The molecule has 2 aliphatic rings. The van der Waals surface area contributed by atoms with E-state index in [-0.39, 0.29) is 11.9 Å². The van der Waals surface area contributed by atoms with Crippen molar-refractivity contribution in [2.24, 2.45) is 0 Å². The summed E-state index contributed by atoms with van der Waals surface area (Å²) in [6.45, 7) is 3.84. The molecule has 1 saturated carbocycles. The minimum absolute atomic E-state index is 0.0704. The third-order valence-corrected chi connectivity index (χ3v) is 4.69. The summed E-state index contributed by atoms with van der Waals surface area (Å²) in [5.74, 6) is 0.624. The highest BCUT2D eigenvalue weighted by Crippen LogP contribution is 2.25. The summed E-state index contributed by atoms with van der Waals surface area (Å²) in [6, 6.07) is 0.677. The predicted octanol–water partition coefficient (Wildman–Crippen LogP) is 1.60. The number of nitrogens with one attached hydrogen (secondary N) is 1. The Kier molecular flexibility index (Phi) is 3.35. The fourth-order valence-corrected chi connectivity index (χ4v) is 3.19. The van der Waals surface area contributed by atoms with E-state index >= 15 is 0 Å². The van der Waals surface area contributed by atoms with Gasteiger partial charge in [0.05, 0.1) is 11.0 Å². The topological polar surface area (TPSA) is 45.2 Å². The average Bonchev–Trinajstić information content (AvgIpc) is 2.88. The van der Waals surface area contributed by atoms with Crippen molar-refractivity contribution in [1.29, 1.82) is 0 Å². The first-order valence-electron chi connectivity index (χ1n) is 6.68. The monoisotopic (exact) mass is 265 g/mol. The number of carbonyl (C=O) groups is 1. The molecule has 98 valence electrons. The maximum Gasteiger partial charge on any atom is 0.239 e. The smallest absolute Gasteiger partial charge is 0.239 e.